The molecule has 32 heavy (non-hydrogen) atoms. The Morgan fingerprint density at radius 1 is 1.12 bits per heavy atom. The second-order valence-corrected chi connectivity index (χ2v) is 8.10. The van der Waals surface area contributed by atoms with E-state index >= 15 is 0 Å². The van der Waals surface area contributed by atoms with Gasteiger partial charge in [-0.3, -0.25) is 29.5 Å². The molecular weight excluding hydrogens is 455 g/mol. The van der Waals surface area contributed by atoms with Gasteiger partial charge in [0.2, 0.25) is 17.7 Å². The summed E-state index contributed by atoms with van der Waals surface area (Å²) in [6.07, 6.45) is 3.42. The van der Waals surface area contributed by atoms with Gasteiger partial charge in [0.15, 0.2) is 5.78 Å². The number of imide groups is 1. The molecule has 4 atom stereocenters. The van der Waals surface area contributed by atoms with Crippen LogP contribution in [0, 0.1) is 17.8 Å². The van der Waals surface area contributed by atoms with E-state index in [2.05, 4.69) is 15.6 Å². The Hall–Kier alpha value is -2.55. The number of Topliss-reactive ketones (excluding diaryl/α,β-unsaturated/α-hetero) is 1. The van der Waals surface area contributed by atoms with Crippen LogP contribution in [0.1, 0.15) is 38.8 Å². The molecule has 1 unspecified atom stereocenters. The largest absolute Gasteiger partial charge is 0.346 e. The topological polar surface area (TPSA) is 131 Å². The Morgan fingerprint density at radius 2 is 1.81 bits per heavy atom. The number of aromatic nitrogens is 1. The van der Waals surface area contributed by atoms with Gasteiger partial charge < -0.3 is 11.1 Å². The summed E-state index contributed by atoms with van der Waals surface area (Å²) >= 11 is 0. The Labute approximate surface area is 198 Å². The van der Waals surface area contributed by atoms with Gasteiger partial charge in [-0.2, -0.15) is 0 Å². The lowest BCUT2D eigenvalue weighted by atomic mass is 9.85. The number of benzene rings is 1. The van der Waals surface area contributed by atoms with Crippen LogP contribution < -0.4 is 16.4 Å². The Bertz CT molecular complexity index is 1010. The average molecular weight is 483 g/mol. The molecule has 1 aliphatic rings. The van der Waals surface area contributed by atoms with E-state index in [1.807, 2.05) is 24.3 Å². The van der Waals surface area contributed by atoms with Crippen LogP contribution >= 0.6 is 24.8 Å². The molecule has 1 aliphatic heterocycles. The molecule has 1 fully saturated rings. The third-order valence-electron chi connectivity index (χ3n) is 5.54. The van der Waals surface area contributed by atoms with Crippen LogP contribution in [-0.2, 0) is 19.2 Å². The third-order valence-corrected chi connectivity index (χ3v) is 5.54. The highest BCUT2D eigenvalue weighted by Gasteiger charge is 2.46. The number of rotatable bonds is 7. The van der Waals surface area contributed by atoms with Gasteiger partial charge in [0.05, 0.1) is 12.0 Å². The Morgan fingerprint density at radius 3 is 2.41 bits per heavy atom. The molecule has 10 heteroatoms. The molecule has 2 aromatic rings. The second kappa shape index (κ2) is 11.4. The number of nitrogens with zero attached hydrogens (tertiary/aromatic N) is 1. The van der Waals surface area contributed by atoms with Gasteiger partial charge in [-0.15, -0.1) is 24.8 Å². The number of nitrogens with two attached hydrogens (primary N) is 1. The summed E-state index contributed by atoms with van der Waals surface area (Å²) in [5, 5.41) is 6.84. The van der Waals surface area contributed by atoms with Crippen LogP contribution in [0.2, 0.25) is 0 Å². The van der Waals surface area contributed by atoms with Crippen molar-refractivity contribution in [1.29, 1.82) is 0 Å². The maximum absolute atomic E-state index is 12.9. The maximum Gasteiger partial charge on any atom is 0.238 e. The fourth-order valence-electron chi connectivity index (χ4n) is 3.71. The molecule has 0 aliphatic carbocycles. The van der Waals surface area contributed by atoms with E-state index in [0.717, 1.165) is 16.3 Å². The van der Waals surface area contributed by atoms with E-state index in [-0.39, 0.29) is 37.2 Å². The number of carbonyl (C=O) groups is 4. The zero-order valence-electron chi connectivity index (χ0n) is 18.0. The van der Waals surface area contributed by atoms with Crippen molar-refractivity contribution < 1.29 is 19.2 Å². The highest BCUT2D eigenvalue weighted by atomic mass is 35.5. The van der Waals surface area contributed by atoms with E-state index < -0.39 is 47.4 Å². The van der Waals surface area contributed by atoms with Crippen molar-refractivity contribution >= 4 is 59.1 Å². The van der Waals surface area contributed by atoms with Crippen molar-refractivity contribution in [3.05, 3.63) is 42.2 Å². The number of ketones is 1. The van der Waals surface area contributed by atoms with Gasteiger partial charge in [0.1, 0.15) is 5.92 Å². The van der Waals surface area contributed by atoms with Crippen LogP contribution in [0.15, 0.2) is 36.7 Å². The van der Waals surface area contributed by atoms with Crippen molar-refractivity contribution in [2.45, 2.75) is 39.3 Å². The van der Waals surface area contributed by atoms with Crippen molar-refractivity contribution in [2.24, 2.45) is 23.5 Å². The molecular formula is C22H28Cl2N4O4. The number of hydrogen-bond acceptors (Lipinski definition) is 6. The van der Waals surface area contributed by atoms with Gasteiger partial charge in [0, 0.05) is 30.2 Å². The highest BCUT2D eigenvalue weighted by Crippen LogP contribution is 2.24. The standard InChI is InChI=1S/C22H26N4O4.2ClH/c1-11(2)19(20(28)18-12(3)21(29)26-22(18)30)25-17(27)9-16(23)14-5-4-13-6-7-24-10-15(13)8-14;;/h4-8,10-12,16,18-19H,9,23H2,1-3H3,(H,25,27)(H,26,29,30);2*1H/t12-,16?,18+,19-;;/m0../s1. The molecule has 0 spiro atoms. The molecule has 2 heterocycles. The minimum Gasteiger partial charge on any atom is -0.346 e. The number of amides is 3. The number of hydrogen-bond donors (Lipinski definition) is 3. The van der Waals surface area contributed by atoms with E-state index in [0.29, 0.717) is 0 Å². The van der Waals surface area contributed by atoms with Gasteiger partial charge in [-0.25, -0.2) is 0 Å². The van der Waals surface area contributed by atoms with E-state index in [9.17, 15) is 19.2 Å². The molecule has 1 aromatic carbocycles. The monoisotopic (exact) mass is 482 g/mol. The predicted octanol–water partition coefficient (Wildman–Crippen LogP) is 2.09. The van der Waals surface area contributed by atoms with Crippen molar-refractivity contribution in [3.8, 4) is 0 Å². The van der Waals surface area contributed by atoms with Gasteiger partial charge in [0.25, 0.3) is 0 Å². The summed E-state index contributed by atoms with van der Waals surface area (Å²) in [5.74, 6) is -4.03. The van der Waals surface area contributed by atoms with Crippen molar-refractivity contribution in [3.63, 3.8) is 0 Å². The fourth-order valence-corrected chi connectivity index (χ4v) is 3.71. The molecule has 1 saturated heterocycles. The van der Waals surface area contributed by atoms with Crippen LogP contribution in [0.3, 0.4) is 0 Å². The first-order chi connectivity index (χ1) is 14.2. The molecule has 8 nitrogen and oxygen atoms in total. The van der Waals surface area contributed by atoms with Crippen LogP contribution in [0.5, 0.6) is 0 Å². The summed E-state index contributed by atoms with van der Waals surface area (Å²) in [5.41, 5.74) is 7.01. The molecule has 0 bridgehead atoms. The summed E-state index contributed by atoms with van der Waals surface area (Å²) in [7, 11) is 0. The van der Waals surface area contributed by atoms with Crippen molar-refractivity contribution in [2.75, 3.05) is 0 Å². The maximum atomic E-state index is 12.9. The summed E-state index contributed by atoms with van der Waals surface area (Å²) in [6, 6.07) is 6.12. The SMILES string of the molecule is CC(C)[C@H](NC(=O)CC(N)c1ccc2ccncc2c1)C(=O)[C@@H]1C(=O)NC(=O)[C@H]1C.Cl.Cl. The number of nitrogens with one attached hydrogen (secondary N) is 2. The number of fused-ring (bicyclic) bond motifs is 1. The zero-order valence-corrected chi connectivity index (χ0v) is 19.7. The number of pyridine rings is 1. The zero-order chi connectivity index (χ0) is 22.0. The van der Waals surface area contributed by atoms with Crippen molar-refractivity contribution in [1.82, 2.24) is 15.6 Å². The summed E-state index contributed by atoms with van der Waals surface area (Å²) in [6.45, 7) is 5.09. The van der Waals surface area contributed by atoms with Crippen LogP contribution in [-0.4, -0.2) is 34.5 Å². The highest BCUT2D eigenvalue weighted by molar-refractivity contribution is 6.16. The lowest BCUT2D eigenvalue weighted by Crippen LogP contribution is -2.49. The van der Waals surface area contributed by atoms with E-state index in [1.165, 1.54) is 6.92 Å². The normalized spacial score (nSPS) is 19.5. The van der Waals surface area contributed by atoms with E-state index in [1.54, 1.807) is 26.2 Å². The molecule has 174 valence electrons. The van der Waals surface area contributed by atoms with E-state index in [4.69, 9.17) is 5.73 Å². The minimum atomic E-state index is -1.09. The molecule has 0 saturated carbocycles. The Balaban J connectivity index is 0.00000256. The van der Waals surface area contributed by atoms with Gasteiger partial charge in [-0.05, 0) is 29.0 Å². The first-order valence-electron chi connectivity index (χ1n) is 9.96. The quantitative estimate of drug-likeness (QED) is 0.408. The molecule has 0 radical (unpaired) electrons. The second-order valence-electron chi connectivity index (χ2n) is 8.10. The van der Waals surface area contributed by atoms with Crippen LogP contribution in [0.4, 0.5) is 0 Å². The minimum absolute atomic E-state index is 0. The third kappa shape index (κ3) is 5.82. The first kappa shape index (κ1) is 27.5. The number of halogens is 2. The smallest absolute Gasteiger partial charge is 0.238 e. The number of carbonyl (C=O) groups excluding carboxylic acids is 4. The average Bonchev–Trinajstić information content (AvgIpc) is 2.96. The van der Waals surface area contributed by atoms with Gasteiger partial charge >= 0.3 is 0 Å². The lowest BCUT2D eigenvalue weighted by Gasteiger charge is -2.25. The first-order valence-corrected chi connectivity index (χ1v) is 9.96. The molecule has 3 amide bonds. The Kier molecular flexibility index (Phi) is 9.75. The predicted molar refractivity (Wildman–Crippen MR) is 125 cm³/mol. The molecule has 1 aromatic heterocycles. The summed E-state index contributed by atoms with van der Waals surface area (Å²) < 4.78 is 0. The summed E-state index contributed by atoms with van der Waals surface area (Å²) in [4.78, 5) is 53.4. The van der Waals surface area contributed by atoms with Crippen LogP contribution in [0.25, 0.3) is 10.8 Å². The fraction of sp³-hybridized carbons (Fsp3) is 0.409. The molecule has 4 N–H and O–H groups in total. The van der Waals surface area contributed by atoms with Gasteiger partial charge in [-0.1, -0.05) is 32.9 Å². The molecule has 3 rings (SSSR count). The lowest BCUT2D eigenvalue weighted by molar-refractivity contribution is -0.137.